The van der Waals surface area contributed by atoms with Crippen LogP contribution in [0.4, 0.5) is 16.2 Å². The number of amides is 1. The summed E-state index contributed by atoms with van der Waals surface area (Å²) in [7, 11) is 0. The van der Waals surface area contributed by atoms with E-state index in [1.165, 1.54) is 6.07 Å². The fourth-order valence-corrected chi connectivity index (χ4v) is 4.31. The number of nitro groups is 1. The van der Waals surface area contributed by atoms with Crippen molar-refractivity contribution in [1.29, 1.82) is 0 Å². The highest BCUT2D eigenvalue weighted by molar-refractivity contribution is 5.88. The van der Waals surface area contributed by atoms with Crippen LogP contribution in [-0.2, 0) is 14.3 Å². The second-order valence-corrected chi connectivity index (χ2v) is 10.7. The first-order valence-electron chi connectivity index (χ1n) is 11.0. The fourth-order valence-electron chi connectivity index (χ4n) is 4.31. The van der Waals surface area contributed by atoms with Gasteiger partial charge in [-0.1, -0.05) is 6.07 Å². The molecule has 176 valence electrons. The lowest BCUT2D eigenvalue weighted by atomic mass is 9.71. The number of nitro benzene ring substituents is 1. The molecule has 2 N–H and O–H groups in total. The summed E-state index contributed by atoms with van der Waals surface area (Å²) in [4.78, 5) is 35.9. The minimum atomic E-state index is -0.743. The molecule has 1 saturated carbocycles. The van der Waals surface area contributed by atoms with Crippen molar-refractivity contribution in [3.8, 4) is 0 Å². The van der Waals surface area contributed by atoms with Gasteiger partial charge < -0.3 is 14.8 Å². The number of anilines is 1. The summed E-state index contributed by atoms with van der Waals surface area (Å²) in [6.07, 6.45) is 1.33. The van der Waals surface area contributed by atoms with Gasteiger partial charge in [-0.2, -0.15) is 0 Å². The molecule has 9 nitrogen and oxygen atoms in total. The van der Waals surface area contributed by atoms with E-state index in [-0.39, 0.29) is 34.7 Å². The maximum atomic E-state index is 12.7. The van der Waals surface area contributed by atoms with Crippen LogP contribution in [-0.4, -0.2) is 40.3 Å². The normalized spacial score (nSPS) is 25.2. The Bertz CT molecular complexity index is 911. The number of nitrogens with one attached hydrogen (secondary N) is 2. The first-order chi connectivity index (χ1) is 14.7. The van der Waals surface area contributed by atoms with Crippen molar-refractivity contribution < 1.29 is 24.0 Å². The molecule has 1 aliphatic carbocycles. The van der Waals surface area contributed by atoms with Crippen molar-refractivity contribution in [3.05, 3.63) is 33.9 Å². The highest BCUT2D eigenvalue weighted by atomic mass is 16.6. The number of ether oxygens (including phenoxy) is 2. The molecule has 0 radical (unpaired) electrons. The topological polar surface area (TPSA) is 130 Å². The van der Waals surface area contributed by atoms with Crippen LogP contribution in [0.25, 0.3) is 0 Å². The zero-order valence-corrected chi connectivity index (χ0v) is 19.6. The molecule has 1 aromatic carbocycles. The lowest BCUT2D eigenvalue weighted by Gasteiger charge is -2.36. The number of esters is 1. The molecule has 0 aromatic heterocycles. The standard InChI is InChI=1S/C23H33N3O6/c1-21(2,3)31-19(27)16-9-7-15(12-23(16)13-24-23)14-8-10-17(18(11-14)26(29)30)25-20(28)32-22(4,5)6/h8,10-11,15-16,24H,7,9,12-13H2,1-6H3,(H,25,28). The molecule has 2 aliphatic rings. The van der Waals surface area contributed by atoms with E-state index in [0.29, 0.717) is 12.8 Å². The van der Waals surface area contributed by atoms with Crippen molar-refractivity contribution in [2.45, 2.75) is 83.5 Å². The van der Waals surface area contributed by atoms with Gasteiger partial charge in [0.1, 0.15) is 16.9 Å². The van der Waals surface area contributed by atoms with Crippen molar-refractivity contribution in [3.63, 3.8) is 0 Å². The van der Waals surface area contributed by atoms with Gasteiger partial charge in [-0.3, -0.25) is 20.2 Å². The number of rotatable bonds is 4. The molecule has 3 rings (SSSR count). The minimum Gasteiger partial charge on any atom is -0.460 e. The molecule has 1 aromatic rings. The third kappa shape index (κ3) is 5.76. The Hall–Kier alpha value is -2.68. The van der Waals surface area contributed by atoms with Gasteiger partial charge in [0, 0.05) is 18.2 Å². The monoisotopic (exact) mass is 447 g/mol. The molecule has 1 spiro atoms. The van der Waals surface area contributed by atoms with E-state index in [9.17, 15) is 19.7 Å². The lowest BCUT2D eigenvalue weighted by Crippen LogP contribution is -2.42. The van der Waals surface area contributed by atoms with Gasteiger partial charge >= 0.3 is 12.1 Å². The number of carbonyl (C=O) groups is 2. The second kappa shape index (κ2) is 8.35. The molecule has 0 bridgehead atoms. The van der Waals surface area contributed by atoms with Gasteiger partial charge in [0.15, 0.2) is 0 Å². The Labute approximate surface area is 188 Å². The predicted octanol–water partition coefficient (Wildman–Crippen LogP) is 4.51. The van der Waals surface area contributed by atoms with Crippen molar-refractivity contribution >= 4 is 23.4 Å². The summed E-state index contributed by atoms with van der Waals surface area (Å²) in [5.41, 5.74) is -0.830. The number of nitrogens with zero attached hydrogens (tertiary/aromatic N) is 1. The molecule has 3 atom stereocenters. The van der Waals surface area contributed by atoms with Gasteiger partial charge in [0.2, 0.25) is 0 Å². The number of carbonyl (C=O) groups excluding carboxylic acids is 2. The summed E-state index contributed by atoms with van der Waals surface area (Å²) in [5.74, 6) is -0.345. The second-order valence-electron chi connectivity index (χ2n) is 10.7. The van der Waals surface area contributed by atoms with Crippen molar-refractivity contribution in [2.24, 2.45) is 5.92 Å². The maximum absolute atomic E-state index is 12.7. The summed E-state index contributed by atoms with van der Waals surface area (Å²) in [6, 6.07) is 4.86. The molecule has 3 unspecified atom stereocenters. The Morgan fingerprint density at radius 3 is 2.28 bits per heavy atom. The summed E-state index contributed by atoms with van der Waals surface area (Å²) < 4.78 is 10.8. The summed E-state index contributed by atoms with van der Waals surface area (Å²) >= 11 is 0. The van der Waals surface area contributed by atoms with Gasteiger partial charge in [0.25, 0.3) is 5.69 Å². The third-order valence-electron chi connectivity index (χ3n) is 5.73. The van der Waals surface area contributed by atoms with Crippen molar-refractivity contribution in [1.82, 2.24) is 5.32 Å². The van der Waals surface area contributed by atoms with E-state index in [2.05, 4.69) is 10.6 Å². The van der Waals surface area contributed by atoms with E-state index in [0.717, 1.165) is 18.5 Å². The third-order valence-corrected chi connectivity index (χ3v) is 5.73. The number of benzene rings is 1. The molecule has 1 saturated heterocycles. The molecule has 9 heteroatoms. The molecular formula is C23H33N3O6. The van der Waals surface area contributed by atoms with Crippen molar-refractivity contribution in [2.75, 3.05) is 11.9 Å². The average Bonchev–Trinajstić information content (AvgIpc) is 3.37. The zero-order chi connectivity index (χ0) is 23.9. The largest absolute Gasteiger partial charge is 0.460 e. The highest BCUT2D eigenvalue weighted by Gasteiger charge is 2.56. The Morgan fingerprint density at radius 2 is 1.75 bits per heavy atom. The quantitative estimate of drug-likeness (QED) is 0.300. The van der Waals surface area contributed by atoms with E-state index in [1.54, 1.807) is 32.9 Å². The van der Waals surface area contributed by atoms with Crippen LogP contribution in [0.2, 0.25) is 0 Å². The van der Waals surface area contributed by atoms with Gasteiger partial charge in [-0.25, -0.2) is 4.79 Å². The van der Waals surface area contributed by atoms with Gasteiger partial charge in [-0.05, 0) is 78.4 Å². The minimum absolute atomic E-state index is 0.0676. The van der Waals surface area contributed by atoms with Crippen LogP contribution in [0.15, 0.2) is 18.2 Å². The van der Waals surface area contributed by atoms with Crippen LogP contribution in [0.5, 0.6) is 0 Å². The van der Waals surface area contributed by atoms with E-state index >= 15 is 0 Å². The molecular weight excluding hydrogens is 414 g/mol. The molecule has 32 heavy (non-hydrogen) atoms. The SMILES string of the molecule is CC(C)(C)OC(=O)Nc1ccc(C2CCC(C(=O)OC(C)(C)C)C3(CN3)C2)cc1[N+](=O)[O-]. The zero-order valence-electron chi connectivity index (χ0n) is 19.6. The van der Waals surface area contributed by atoms with Crippen LogP contribution in [0, 0.1) is 16.0 Å². The van der Waals surface area contributed by atoms with Gasteiger partial charge in [-0.15, -0.1) is 0 Å². The molecule has 1 aliphatic heterocycles. The smallest absolute Gasteiger partial charge is 0.412 e. The summed E-state index contributed by atoms with van der Waals surface area (Å²) in [6.45, 7) is 11.5. The van der Waals surface area contributed by atoms with Gasteiger partial charge in [0.05, 0.1) is 10.8 Å². The predicted molar refractivity (Wildman–Crippen MR) is 120 cm³/mol. The van der Waals surface area contributed by atoms with Crippen LogP contribution < -0.4 is 10.6 Å². The summed E-state index contributed by atoms with van der Waals surface area (Å²) in [5, 5.41) is 17.5. The fraction of sp³-hybridized carbons (Fsp3) is 0.652. The van der Waals surface area contributed by atoms with Crippen LogP contribution in [0.1, 0.15) is 72.3 Å². The number of hydrogen-bond donors (Lipinski definition) is 2. The molecule has 1 heterocycles. The van der Waals surface area contributed by atoms with Crippen LogP contribution in [0.3, 0.4) is 0 Å². The maximum Gasteiger partial charge on any atom is 0.412 e. The number of hydrogen-bond acceptors (Lipinski definition) is 7. The Balaban J connectivity index is 1.75. The first-order valence-corrected chi connectivity index (χ1v) is 11.0. The average molecular weight is 448 g/mol. The highest BCUT2D eigenvalue weighted by Crippen LogP contribution is 2.48. The first kappa shape index (κ1) is 24.0. The molecule has 1 amide bonds. The molecule has 2 fully saturated rings. The Morgan fingerprint density at radius 1 is 1.12 bits per heavy atom. The van der Waals surface area contributed by atoms with E-state index in [1.807, 2.05) is 20.8 Å². The lowest BCUT2D eigenvalue weighted by molar-refractivity contribution is -0.384. The Kier molecular flexibility index (Phi) is 6.25. The van der Waals surface area contributed by atoms with E-state index in [4.69, 9.17) is 9.47 Å². The van der Waals surface area contributed by atoms with Crippen LogP contribution >= 0.6 is 0 Å². The van der Waals surface area contributed by atoms with E-state index < -0.39 is 22.2 Å².